The summed E-state index contributed by atoms with van der Waals surface area (Å²) in [6.07, 6.45) is 5.62. The second kappa shape index (κ2) is 6.43. The molecule has 1 aromatic rings. The van der Waals surface area contributed by atoms with Crippen LogP contribution in [-0.2, 0) is 6.54 Å². The lowest BCUT2D eigenvalue weighted by Crippen LogP contribution is -2.31. The zero-order chi connectivity index (χ0) is 12.1. The minimum atomic E-state index is 0.291. The van der Waals surface area contributed by atoms with Crippen molar-refractivity contribution in [2.45, 2.75) is 36.7 Å². The Morgan fingerprint density at radius 1 is 1.35 bits per heavy atom. The zero-order valence-electron chi connectivity index (χ0n) is 10.4. The van der Waals surface area contributed by atoms with Crippen molar-refractivity contribution in [3.8, 4) is 0 Å². The molecule has 0 aliphatic heterocycles. The standard InChI is InChI=1S/C14H21NOS/c1-17-13-6-2-11(3-7-13)10-15-14(8-9-16)12-4-5-12/h2-3,6-7,12,14-16H,4-5,8-10H2,1H3. The minimum absolute atomic E-state index is 0.291. The summed E-state index contributed by atoms with van der Waals surface area (Å²) in [4.78, 5) is 1.31. The van der Waals surface area contributed by atoms with Crippen molar-refractivity contribution in [1.82, 2.24) is 5.32 Å². The Balaban J connectivity index is 1.82. The van der Waals surface area contributed by atoms with E-state index in [0.29, 0.717) is 12.6 Å². The summed E-state index contributed by atoms with van der Waals surface area (Å²) in [6.45, 7) is 1.20. The molecule has 0 heterocycles. The fourth-order valence-electron chi connectivity index (χ4n) is 2.13. The molecule has 1 saturated carbocycles. The maximum atomic E-state index is 9.04. The lowest BCUT2D eigenvalue weighted by molar-refractivity contribution is 0.256. The van der Waals surface area contributed by atoms with E-state index in [1.54, 1.807) is 11.8 Å². The second-order valence-electron chi connectivity index (χ2n) is 4.69. The molecule has 0 spiro atoms. The Morgan fingerprint density at radius 3 is 2.59 bits per heavy atom. The molecule has 1 unspecified atom stereocenters. The van der Waals surface area contributed by atoms with Gasteiger partial charge in [0.15, 0.2) is 0 Å². The van der Waals surface area contributed by atoms with Crippen molar-refractivity contribution >= 4 is 11.8 Å². The first-order chi connectivity index (χ1) is 8.33. The number of hydrogen-bond acceptors (Lipinski definition) is 3. The molecule has 1 aromatic carbocycles. The molecule has 3 heteroatoms. The average molecular weight is 251 g/mol. The first-order valence-electron chi connectivity index (χ1n) is 6.30. The highest BCUT2D eigenvalue weighted by atomic mass is 32.2. The molecule has 0 aromatic heterocycles. The van der Waals surface area contributed by atoms with E-state index in [-0.39, 0.29) is 0 Å². The van der Waals surface area contributed by atoms with E-state index < -0.39 is 0 Å². The lowest BCUT2D eigenvalue weighted by atomic mass is 10.1. The van der Waals surface area contributed by atoms with E-state index in [4.69, 9.17) is 5.11 Å². The summed E-state index contributed by atoms with van der Waals surface area (Å²) in [5.41, 5.74) is 1.33. The Hall–Kier alpha value is -0.510. The second-order valence-corrected chi connectivity index (χ2v) is 5.56. The molecule has 0 saturated heterocycles. The number of hydrogen-bond donors (Lipinski definition) is 2. The third-order valence-corrected chi connectivity index (χ3v) is 4.10. The van der Waals surface area contributed by atoms with Gasteiger partial charge < -0.3 is 10.4 Å². The number of aliphatic hydroxyl groups is 1. The van der Waals surface area contributed by atoms with Gasteiger partial charge in [0, 0.05) is 24.1 Å². The van der Waals surface area contributed by atoms with Crippen LogP contribution in [0.5, 0.6) is 0 Å². The molecule has 1 aliphatic carbocycles. The number of aliphatic hydroxyl groups excluding tert-OH is 1. The van der Waals surface area contributed by atoms with Crippen LogP contribution in [0.1, 0.15) is 24.8 Å². The van der Waals surface area contributed by atoms with Crippen LogP contribution in [0.25, 0.3) is 0 Å². The van der Waals surface area contributed by atoms with Crippen LogP contribution >= 0.6 is 11.8 Å². The first kappa shape index (κ1) is 12.9. The summed E-state index contributed by atoms with van der Waals surface area (Å²) < 4.78 is 0. The Kier molecular flexibility index (Phi) is 4.89. The topological polar surface area (TPSA) is 32.3 Å². The van der Waals surface area contributed by atoms with Crippen LogP contribution in [0.4, 0.5) is 0 Å². The number of rotatable bonds is 7. The van der Waals surface area contributed by atoms with Crippen molar-refractivity contribution in [2.24, 2.45) is 5.92 Å². The number of thioether (sulfide) groups is 1. The van der Waals surface area contributed by atoms with Crippen LogP contribution in [0.3, 0.4) is 0 Å². The molecule has 2 rings (SSSR count). The van der Waals surface area contributed by atoms with Gasteiger partial charge in [-0.05, 0) is 49.1 Å². The summed E-state index contributed by atoms with van der Waals surface area (Å²) >= 11 is 1.77. The molecule has 2 N–H and O–H groups in total. The van der Waals surface area contributed by atoms with E-state index in [9.17, 15) is 0 Å². The molecule has 2 nitrogen and oxygen atoms in total. The van der Waals surface area contributed by atoms with Gasteiger partial charge in [-0.1, -0.05) is 12.1 Å². The van der Waals surface area contributed by atoms with Gasteiger partial charge in [-0.2, -0.15) is 0 Å². The SMILES string of the molecule is CSc1ccc(CNC(CCO)C2CC2)cc1. The highest BCUT2D eigenvalue weighted by Gasteiger charge is 2.30. The molecule has 0 radical (unpaired) electrons. The van der Waals surface area contributed by atoms with Gasteiger partial charge in [-0.15, -0.1) is 11.8 Å². The highest BCUT2D eigenvalue weighted by molar-refractivity contribution is 7.98. The maximum Gasteiger partial charge on any atom is 0.0445 e. The van der Waals surface area contributed by atoms with E-state index in [1.165, 1.54) is 23.3 Å². The molecule has 0 amide bonds. The molecule has 1 fully saturated rings. The van der Waals surface area contributed by atoms with E-state index in [2.05, 4.69) is 35.8 Å². The molecule has 0 bridgehead atoms. The van der Waals surface area contributed by atoms with Gasteiger partial charge in [-0.25, -0.2) is 0 Å². The highest BCUT2D eigenvalue weighted by Crippen LogP contribution is 2.34. The molecule has 1 atom stereocenters. The Morgan fingerprint density at radius 2 is 2.06 bits per heavy atom. The van der Waals surface area contributed by atoms with Crippen LogP contribution in [0.2, 0.25) is 0 Å². The van der Waals surface area contributed by atoms with E-state index in [0.717, 1.165) is 18.9 Å². The minimum Gasteiger partial charge on any atom is -0.396 e. The number of benzene rings is 1. The van der Waals surface area contributed by atoms with Crippen molar-refractivity contribution in [1.29, 1.82) is 0 Å². The first-order valence-corrected chi connectivity index (χ1v) is 7.53. The third-order valence-electron chi connectivity index (χ3n) is 3.36. The monoisotopic (exact) mass is 251 g/mol. The molecule has 94 valence electrons. The largest absolute Gasteiger partial charge is 0.396 e. The van der Waals surface area contributed by atoms with Gasteiger partial charge in [0.1, 0.15) is 0 Å². The average Bonchev–Trinajstić information content (AvgIpc) is 3.19. The normalized spacial score (nSPS) is 17.1. The van der Waals surface area contributed by atoms with Crippen LogP contribution in [0, 0.1) is 5.92 Å². The maximum absolute atomic E-state index is 9.04. The molecule has 17 heavy (non-hydrogen) atoms. The smallest absolute Gasteiger partial charge is 0.0445 e. The summed E-state index contributed by atoms with van der Waals surface area (Å²) in [6, 6.07) is 9.20. The molecular weight excluding hydrogens is 230 g/mol. The van der Waals surface area contributed by atoms with Crippen molar-refractivity contribution in [3.63, 3.8) is 0 Å². The molecular formula is C14H21NOS. The molecule has 1 aliphatic rings. The van der Waals surface area contributed by atoms with E-state index >= 15 is 0 Å². The van der Waals surface area contributed by atoms with Crippen molar-refractivity contribution in [3.05, 3.63) is 29.8 Å². The summed E-state index contributed by atoms with van der Waals surface area (Å²) in [5, 5.41) is 12.6. The Bertz CT molecular complexity index is 335. The van der Waals surface area contributed by atoms with Crippen LogP contribution < -0.4 is 5.32 Å². The van der Waals surface area contributed by atoms with Gasteiger partial charge in [-0.3, -0.25) is 0 Å². The van der Waals surface area contributed by atoms with Gasteiger partial charge in [0.25, 0.3) is 0 Å². The predicted molar refractivity (Wildman–Crippen MR) is 73.3 cm³/mol. The van der Waals surface area contributed by atoms with Crippen LogP contribution in [-0.4, -0.2) is 24.0 Å². The fraction of sp³-hybridized carbons (Fsp3) is 0.571. The van der Waals surface area contributed by atoms with Crippen molar-refractivity contribution < 1.29 is 5.11 Å². The fourth-order valence-corrected chi connectivity index (χ4v) is 2.54. The Labute approximate surface area is 108 Å². The van der Waals surface area contributed by atoms with E-state index in [1.807, 2.05) is 0 Å². The van der Waals surface area contributed by atoms with Gasteiger partial charge >= 0.3 is 0 Å². The lowest BCUT2D eigenvalue weighted by Gasteiger charge is -2.17. The van der Waals surface area contributed by atoms with Gasteiger partial charge in [0.05, 0.1) is 0 Å². The summed E-state index contributed by atoms with van der Waals surface area (Å²) in [5.74, 6) is 0.799. The quantitative estimate of drug-likeness (QED) is 0.731. The third kappa shape index (κ3) is 4.02. The zero-order valence-corrected chi connectivity index (χ0v) is 11.2. The predicted octanol–water partition coefficient (Wildman–Crippen LogP) is 2.66. The van der Waals surface area contributed by atoms with Gasteiger partial charge in [0.2, 0.25) is 0 Å². The number of nitrogens with one attached hydrogen (secondary N) is 1. The van der Waals surface area contributed by atoms with Crippen molar-refractivity contribution in [2.75, 3.05) is 12.9 Å². The summed E-state index contributed by atoms with van der Waals surface area (Å²) in [7, 11) is 0. The van der Waals surface area contributed by atoms with Crippen LogP contribution in [0.15, 0.2) is 29.2 Å².